The van der Waals surface area contributed by atoms with Crippen molar-refractivity contribution in [1.82, 2.24) is 4.90 Å². The average molecular weight is 278 g/mol. The van der Waals surface area contributed by atoms with Crippen LogP contribution in [0.2, 0.25) is 0 Å². The molecule has 1 aromatic carbocycles. The monoisotopic (exact) mass is 278 g/mol. The quantitative estimate of drug-likeness (QED) is 0.917. The molecule has 0 aromatic heterocycles. The molecule has 4 unspecified atom stereocenters. The molecule has 4 atom stereocenters. The second kappa shape index (κ2) is 6.57. The third kappa shape index (κ3) is 3.32. The fourth-order valence-corrected chi connectivity index (χ4v) is 2.94. The fraction of sp³-hybridized carbons (Fsp3) is 0.625. The van der Waals surface area contributed by atoms with Crippen LogP contribution in [0.3, 0.4) is 0 Å². The van der Waals surface area contributed by atoms with Crippen molar-refractivity contribution in [2.24, 2.45) is 5.73 Å². The highest BCUT2D eigenvalue weighted by molar-refractivity contribution is 5.31. The zero-order valence-electron chi connectivity index (χ0n) is 12.9. The summed E-state index contributed by atoms with van der Waals surface area (Å²) in [5.74, 6) is 0.877. The number of hydrogen-bond acceptors (Lipinski definition) is 4. The zero-order valence-corrected chi connectivity index (χ0v) is 12.9. The molecule has 2 N–H and O–H groups in total. The minimum atomic E-state index is 0.0508. The van der Waals surface area contributed by atoms with Gasteiger partial charge in [0.05, 0.1) is 25.9 Å². The molecule has 0 spiro atoms. The average Bonchev–Trinajstić information content (AvgIpc) is 2.43. The van der Waals surface area contributed by atoms with Crippen LogP contribution in [0.5, 0.6) is 5.75 Å². The Kier molecular flexibility index (Phi) is 5.02. The zero-order chi connectivity index (χ0) is 14.7. The van der Waals surface area contributed by atoms with Crippen molar-refractivity contribution in [3.8, 4) is 5.75 Å². The molecule has 1 aromatic rings. The van der Waals surface area contributed by atoms with Crippen LogP contribution in [0.15, 0.2) is 24.3 Å². The number of hydrogen-bond donors (Lipinski definition) is 1. The van der Waals surface area contributed by atoms with Gasteiger partial charge in [-0.15, -0.1) is 0 Å². The van der Waals surface area contributed by atoms with Gasteiger partial charge in [-0.1, -0.05) is 12.1 Å². The van der Waals surface area contributed by atoms with Gasteiger partial charge in [-0.2, -0.15) is 0 Å². The van der Waals surface area contributed by atoms with Crippen LogP contribution in [0.25, 0.3) is 0 Å². The Morgan fingerprint density at radius 2 is 2.15 bits per heavy atom. The summed E-state index contributed by atoms with van der Waals surface area (Å²) in [6.45, 7) is 8.04. The van der Waals surface area contributed by atoms with E-state index in [1.54, 1.807) is 7.11 Å². The Morgan fingerprint density at radius 1 is 1.40 bits per heavy atom. The van der Waals surface area contributed by atoms with Gasteiger partial charge in [0, 0.05) is 18.6 Å². The second-order valence-electron chi connectivity index (χ2n) is 5.77. The van der Waals surface area contributed by atoms with Gasteiger partial charge in [0.25, 0.3) is 0 Å². The molecule has 2 rings (SSSR count). The molecule has 112 valence electrons. The van der Waals surface area contributed by atoms with Gasteiger partial charge in [-0.25, -0.2) is 0 Å². The van der Waals surface area contributed by atoms with Crippen molar-refractivity contribution in [2.45, 2.75) is 45.0 Å². The highest BCUT2D eigenvalue weighted by Crippen LogP contribution is 2.30. The maximum Gasteiger partial charge on any atom is 0.119 e. The summed E-state index contributed by atoms with van der Waals surface area (Å²) in [5, 5.41) is 0. The van der Waals surface area contributed by atoms with E-state index < -0.39 is 0 Å². The maximum absolute atomic E-state index is 6.28. The van der Waals surface area contributed by atoms with Gasteiger partial charge in [0.2, 0.25) is 0 Å². The molecule has 1 fully saturated rings. The number of morpholine rings is 1. The van der Waals surface area contributed by atoms with Crippen LogP contribution in [0, 0.1) is 0 Å². The number of ether oxygens (including phenoxy) is 2. The molecule has 20 heavy (non-hydrogen) atoms. The maximum atomic E-state index is 6.28. The summed E-state index contributed by atoms with van der Waals surface area (Å²) >= 11 is 0. The number of nitrogens with zero attached hydrogens (tertiary/aromatic N) is 1. The lowest BCUT2D eigenvalue weighted by atomic mass is 9.96. The van der Waals surface area contributed by atoms with E-state index in [2.05, 4.69) is 37.8 Å². The van der Waals surface area contributed by atoms with E-state index in [1.165, 1.54) is 5.56 Å². The van der Waals surface area contributed by atoms with Crippen molar-refractivity contribution < 1.29 is 9.47 Å². The minimum Gasteiger partial charge on any atom is -0.497 e. The predicted molar refractivity (Wildman–Crippen MR) is 81.0 cm³/mol. The highest BCUT2D eigenvalue weighted by Gasteiger charge is 2.32. The van der Waals surface area contributed by atoms with Gasteiger partial charge >= 0.3 is 0 Å². The van der Waals surface area contributed by atoms with E-state index in [0.717, 1.165) is 18.9 Å². The van der Waals surface area contributed by atoms with E-state index in [-0.39, 0.29) is 18.2 Å². The smallest absolute Gasteiger partial charge is 0.119 e. The number of rotatable bonds is 4. The van der Waals surface area contributed by atoms with E-state index in [9.17, 15) is 0 Å². The number of benzene rings is 1. The largest absolute Gasteiger partial charge is 0.497 e. The Hall–Kier alpha value is -1.10. The normalized spacial score (nSPS) is 27.1. The van der Waals surface area contributed by atoms with Crippen molar-refractivity contribution in [3.05, 3.63) is 29.8 Å². The molecule has 0 amide bonds. The molecular weight excluding hydrogens is 252 g/mol. The van der Waals surface area contributed by atoms with Crippen molar-refractivity contribution in [1.29, 1.82) is 0 Å². The Balaban J connectivity index is 2.29. The van der Waals surface area contributed by atoms with Crippen LogP contribution in [-0.2, 0) is 4.74 Å². The van der Waals surface area contributed by atoms with Crippen molar-refractivity contribution in [2.75, 3.05) is 20.3 Å². The van der Waals surface area contributed by atoms with Gasteiger partial charge in [0.1, 0.15) is 5.75 Å². The first kappa shape index (κ1) is 15.3. The van der Waals surface area contributed by atoms with E-state index >= 15 is 0 Å². The lowest BCUT2D eigenvalue weighted by Crippen LogP contribution is -2.52. The van der Waals surface area contributed by atoms with Crippen LogP contribution in [0.1, 0.15) is 32.4 Å². The molecule has 1 saturated heterocycles. The van der Waals surface area contributed by atoms with Gasteiger partial charge in [-0.05, 0) is 38.5 Å². The van der Waals surface area contributed by atoms with Gasteiger partial charge < -0.3 is 15.2 Å². The van der Waals surface area contributed by atoms with E-state index in [0.29, 0.717) is 6.04 Å². The Labute approximate surface area is 121 Å². The summed E-state index contributed by atoms with van der Waals surface area (Å²) in [6, 6.07) is 8.81. The standard InChI is InChI=1S/C16H26N2O2/c1-11-10-20-12(2)9-18(11)16(13(3)17)14-6-5-7-15(8-14)19-4/h5-8,11-13,16H,9-10,17H2,1-4H3. The van der Waals surface area contributed by atoms with E-state index in [1.807, 2.05) is 12.1 Å². The summed E-state index contributed by atoms with van der Waals surface area (Å²) in [7, 11) is 1.69. The summed E-state index contributed by atoms with van der Waals surface area (Å²) in [5.41, 5.74) is 7.48. The first-order chi connectivity index (χ1) is 9.52. The molecule has 0 bridgehead atoms. The summed E-state index contributed by atoms with van der Waals surface area (Å²) < 4.78 is 11.1. The molecule has 0 aliphatic carbocycles. The fourth-order valence-electron chi connectivity index (χ4n) is 2.94. The van der Waals surface area contributed by atoms with Gasteiger partial charge in [0.15, 0.2) is 0 Å². The molecule has 4 heteroatoms. The first-order valence-electron chi connectivity index (χ1n) is 7.29. The molecule has 1 aliphatic heterocycles. The van der Waals surface area contributed by atoms with Crippen molar-refractivity contribution in [3.63, 3.8) is 0 Å². The molecule has 0 saturated carbocycles. The first-order valence-corrected chi connectivity index (χ1v) is 7.29. The molecule has 1 aliphatic rings. The van der Waals surface area contributed by atoms with Crippen LogP contribution >= 0.6 is 0 Å². The summed E-state index contributed by atoms with van der Waals surface area (Å²) in [4.78, 5) is 2.45. The molecule has 4 nitrogen and oxygen atoms in total. The molecular formula is C16H26N2O2. The number of methoxy groups -OCH3 is 1. The SMILES string of the molecule is COc1cccc(C(C(C)N)N2CC(C)OCC2C)c1. The minimum absolute atomic E-state index is 0.0508. The van der Waals surface area contributed by atoms with Gasteiger partial charge in [-0.3, -0.25) is 4.90 Å². The van der Waals surface area contributed by atoms with Crippen LogP contribution in [0.4, 0.5) is 0 Å². The number of nitrogens with two attached hydrogens (primary N) is 1. The lowest BCUT2D eigenvalue weighted by Gasteiger charge is -2.43. The Morgan fingerprint density at radius 3 is 2.80 bits per heavy atom. The highest BCUT2D eigenvalue weighted by atomic mass is 16.5. The molecule has 1 heterocycles. The lowest BCUT2D eigenvalue weighted by molar-refractivity contribution is -0.0697. The van der Waals surface area contributed by atoms with Crippen molar-refractivity contribution >= 4 is 0 Å². The molecule has 0 radical (unpaired) electrons. The third-order valence-electron chi connectivity index (χ3n) is 3.95. The second-order valence-corrected chi connectivity index (χ2v) is 5.77. The topological polar surface area (TPSA) is 47.7 Å². The van der Waals surface area contributed by atoms with Crippen LogP contribution < -0.4 is 10.5 Å². The van der Waals surface area contributed by atoms with Crippen LogP contribution in [-0.4, -0.2) is 43.3 Å². The third-order valence-corrected chi connectivity index (χ3v) is 3.95. The Bertz CT molecular complexity index is 436. The summed E-state index contributed by atoms with van der Waals surface area (Å²) in [6.07, 6.45) is 0.248. The van der Waals surface area contributed by atoms with E-state index in [4.69, 9.17) is 15.2 Å². The predicted octanol–water partition coefficient (Wildman–Crippen LogP) is 2.19.